The molecule has 0 amide bonds. The van der Waals surface area contributed by atoms with E-state index < -0.39 is 0 Å². The van der Waals surface area contributed by atoms with Crippen molar-refractivity contribution in [2.45, 2.75) is 53.4 Å². The van der Waals surface area contributed by atoms with Gasteiger partial charge in [0, 0.05) is 44.4 Å². The molecule has 3 heteroatoms. The lowest BCUT2D eigenvalue weighted by molar-refractivity contribution is 0.488. The molecule has 14 rings (SSSR count). The second-order valence-corrected chi connectivity index (χ2v) is 20.5. The minimum Gasteiger partial charge on any atom is -0.376 e. The molecule has 0 bridgehead atoms. The van der Waals surface area contributed by atoms with Crippen molar-refractivity contribution in [2.24, 2.45) is 11.3 Å². The van der Waals surface area contributed by atoms with Crippen LogP contribution in [-0.2, 0) is 5.41 Å². The zero-order chi connectivity index (χ0) is 40.8. The molecule has 0 fully saturated rings. The van der Waals surface area contributed by atoms with Crippen LogP contribution in [0.3, 0.4) is 0 Å². The number of fused-ring (bicyclic) bond motifs is 9. The van der Waals surface area contributed by atoms with Crippen LogP contribution in [0.4, 0.5) is 5.69 Å². The van der Waals surface area contributed by atoms with E-state index in [0.717, 1.165) is 6.42 Å². The van der Waals surface area contributed by atoms with Crippen molar-refractivity contribution in [3.05, 3.63) is 190 Å². The fraction of sp³-hybridized carbons (Fsp3) is 0.172. The minimum atomic E-state index is -0.0425. The zero-order valence-corrected chi connectivity index (χ0v) is 35.6. The van der Waals surface area contributed by atoms with Gasteiger partial charge in [0.25, 0.3) is 0 Å². The summed E-state index contributed by atoms with van der Waals surface area (Å²) in [5, 5.41) is 10.7. The molecular formula is C58H45BN2. The standard InChI is InChI=1S/C58H45BN2/c1-57(2,3)38-26-32-18-20-36-30-40(31-37-21-19-33(27-38)49(32)50(36)37)61-48-17-10-8-13-43(48)53-44-24-22-34-28-39(58(4,5)6)29-35-23-25-45(52(44)51(34)35)56-54(53)59(61)46-15-11-14-42-41-12-7-9-16-47(41)60(56)55(42)46/h7-26,28-31,50H,27H2,1-6H3. The maximum absolute atomic E-state index is 2.71. The highest BCUT2D eigenvalue weighted by Crippen LogP contribution is 2.54. The molecule has 290 valence electrons. The Labute approximate surface area is 357 Å². The highest BCUT2D eigenvalue weighted by atomic mass is 15.1. The topological polar surface area (TPSA) is 8.17 Å². The average molecular weight is 781 g/mol. The Morgan fingerprint density at radius 1 is 0.639 bits per heavy atom. The molecule has 6 aliphatic rings. The molecule has 61 heavy (non-hydrogen) atoms. The lowest BCUT2D eigenvalue weighted by atomic mass is 9.43. The fourth-order valence-electron chi connectivity index (χ4n) is 12.3. The third-order valence-electron chi connectivity index (χ3n) is 15.1. The summed E-state index contributed by atoms with van der Waals surface area (Å²) in [7, 11) is 0. The minimum absolute atomic E-state index is 0.0425. The van der Waals surface area contributed by atoms with E-state index in [2.05, 4.69) is 197 Å². The molecule has 0 radical (unpaired) electrons. The summed E-state index contributed by atoms with van der Waals surface area (Å²) in [6.45, 7) is 14.0. The van der Waals surface area contributed by atoms with Crippen LogP contribution in [0.1, 0.15) is 53.5 Å². The van der Waals surface area contributed by atoms with Gasteiger partial charge in [-0.05, 0) is 113 Å². The number of rotatable bonds is 1. The van der Waals surface area contributed by atoms with Crippen LogP contribution in [0.25, 0.3) is 70.9 Å². The van der Waals surface area contributed by atoms with Gasteiger partial charge in [0.05, 0.1) is 16.7 Å². The number of benzene rings is 7. The summed E-state index contributed by atoms with van der Waals surface area (Å²) in [6, 6.07) is 40.0. The lowest BCUT2D eigenvalue weighted by Gasteiger charge is -2.45. The monoisotopic (exact) mass is 780 g/mol. The van der Waals surface area contributed by atoms with Crippen molar-refractivity contribution < 1.29 is 0 Å². The normalized spacial score (nSPS) is 18.7. The smallest absolute Gasteiger partial charge is 0.333 e. The molecule has 0 saturated heterocycles. The molecular weight excluding hydrogens is 735 g/mol. The van der Waals surface area contributed by atoms with E-state index in [1.54, 1.807) is 0 Å². The van der Waals surface area contributed by atoms with E-state index in [-0.39, 0.29) is 23.6 Å². The highest BCUT2D eigenvalue weighted by Gasteiger charge is 2.47. The third-order valence-corrected chi connectivity index (χ3v) is 15.1. The Bertz CT molecular complexity index is 3610. The van der Waals surface area contributed by atoms with Gasteiger partial charge in [-0.15, -0.1) is 0 Å². The molecule has 0 saturated carbocycles. The van der Waals surface area contributed by atoms with Crippen LogP contribution >= 0.6 is 0 Å². The van der Waals surface area contributed by atoms with Crippen LogP contribution in [0.5, 0.6) is 0 Å². The van der Waals surface area contributed by atoms with Crippen molar-refractivity contribution in [1.82, 2.24) is 4.57 Å². The Morgan fingerprint density at radius 2 is 1.41 bits per heavy atom. The number of allylic oxidation sites excluding steroid dienone is 13. The Hall–Kier alpha value is -6.58. The average Bonchev–Trinajstić information content (AvgIpc) is 3.60. The maximum Gasteiger partial charge on any atom is 0.333 e. The molecule has 8 aromatic rings. The van der Waals surface area contributed by atoms with E-state index in [9.17, 15) is 0 Å². The van der Waals surface area contributed by atoms with E-state index >= 15 is 0 Å². The Morgan fingerprint density at radius 3 is 2.23 bits per heavy atom. The predicted octanol–water partition coefficient (Wildman–Crippen LogP) is 13.4. The second kappa shape index (κ2) is 11.2. The van der Waals surface area contributed by atoms with Gasteiger partial charge in [-0.1, -0.05) is 168 Å². The summed E-state index contributed by atoms with van der Waals surface area (Å²) < 4.78 is 2.65. The van der Waals surface area contributed by atoms with E-state index in [0.29, 0.717) is 0 Å². The number of anilines is 1. The summed E-state index contributed by atoms with van der Waals surface area (Å²) >= 11 is 0. The van der Waals surface area contributed by atoms with Gasteiger partial charge in [-0.2, -0.15) is 0 Å². The SMILES string of the molecule is CC(C)(C)C1=CC2=C3C(=CC=C4C=C(N5B6c7c(c8ccc9cc(C(C)(C)C)cc%10ccc(c7-n7c%11ccccc%11c%11cccc6c%117)c8c9%10)-c6ccccc65)C=C(C=C2)C43)C1. The van der Waals surface area contributed by atoms with Gasteiger partial charge in [-0.3, -0.25) is 0 Å². The molecule has 0 spiro atoms. The Kier molecular flexibility index (Phi) is 6.28. The number of hydrogen-bond acceptors (Lipinski definition) is 1. The molecule has 7 aromatic carbocycles. The van der Waals surface area contributed by atoms with Gasteiger partial charge < -0.3 is 9.38 Å². The number of aromatic nitrogens is 1. The molecule has 2 aliphatic heterocycles. The van der Waals surface area contributed by atoms with Crippen molar-refractivity contribution >= 4 is 77.6 Å². The first-order valence-electron chi connectivity index (χ1n) is 22.2. The number of para-hydroxylation sites is 3. The van der Waals surface area contributed by atoms with Crippen LogP contribution in [0.15, 0.2) is 185 Å². The molecule has 2 nitrogen and oxygen atoms in total. The summed E-state index contributed by atoms with van der Waals surface area (Å²) in [4.78, 5) is 2.71. The van der Waals surface area contributed by atoms with E-state index in [1.165, 1.54) is 132 Å². The summed E-state index contributed by atoms with van der Waals surface area (Å²) in [6.07, 6.45) is 18.2. The van der Waals surface area contributed by atoms with Crippen LogP contribution in [0, 0.1) is 11.3 Å². The summed E-state index contributed by atoms with van der Waals surface area (Å²) in [5.74, 6) is 0.265. The summed E-state index contributed by atoms with van der Waals surface area (Å²) in [5.41, 5.74) is 22.1. The van der Waals surface area contributed by atoms with Gasteiger partial charge in [0.15, 0.2) is 0 Å². The second-order valence-electron chi connectivity index (χ2n) is 20.5. The van der Waals surface area contributed by atoms with Crippen LogP contribution in [0.2, 0.25) is 0 Å². The molecule has 1 unspecified atom stereocenters. The first-order valence-corrected chi connectivity index (χ1v) is 22.2. The molecule has 1 atom stereocenters. The highest BCUT2D eigenvalue weighted by molar-refractivity contribution is 6.94. The predicted molar refractivity (Wildman–Crippen MR) is 260 cm³/mol. The number of hydrogen-bond donors (Lipinski definition) is 0. The molecule has 4 aliphatic carbocycles. The quantitative estimate of drug-likeness (QED) is 0.119. The van der Waals surface area contributed by atoms with Crippen molar-refractivity contribution in [3.8, 4) is 16.8 Å². The first kappa shape index (κ1) is 34.2. The van der Waals surface area contributed by atoms with Crippen LogP contribution < -0.4 is 15.7 Å². The van der Waals surface area contributed by atoms with Gasteiger partial charge in [0.1, 0.15) is 0 Å². The van der Waals surface area contributed by atoms with Gasteiger partial charge >= 0.3 is 6.85 Å². The molecule has 1 aromatic heterocycles. The third kappa shape index (κ3) is 4.29. The van der Waals surface area contributed by atoms with E-state index in [1.807, 2.05) is 0 Å². The van der Waals surface area contributed by atoms with Gasteiger partial charge in [-0.25, -0.2) is 0 Å². The maximum atomic E-state index is 2.71. The first-order chi connectivity index (χ1) is 29.5. The van der Waals surface area contributed by atoms with E-state index in [4.69, 9.17) is 0 Å². The zero-order valence-electron chi connectivity index (χ0n) is 35.6. The largest absolute Gasteiger partial charge is 0.376 e. The number of nitrogens with zero attached hydrogens (tertiary/aromatic N) is 2. The van der Waals surface area contributed by atoms with Crippen molar-refractivity contribution in [2.75, 3.05) is 4.81 Å². The Balaban J connectivity index is 1.09. The lowest BCUT2D eigenvalue weighted by Crippen LogP contribution is -2.62. The fourth-order valence-corrected chi connectivity index (χ4v) is 12.3. The molecule has 0 N–H and O–H groups in total. The van der Waals surface area contributed by atoms with Crippen molar-refractivity contribution in [3.63, 3.8) is 0 Å². The van der Waals surface area contributed by atoms with Crippen molar-refractivity contribution in [1.29, 1.82) is 0 Å². The molecule has 3 heterocycles. The van der Waals surface area contributed by atoms with Crippen LogP contribution in [-0.4, -0.2) is 11.4 Å². The van der Waals surface area contributed by atoms with Gasteiger partial charge in [0.2, 0.25) is 0 Å².